The number of hydrogen-bond acceptors (Lipinski definition) is 3. The first-order valence-electron chi connectivity index (χ1n) is 5.56. The van der Waals surface area contributed by atoms with E-state index in [2.05, 4.69) is 12.2 Å². The number of rotatable bonds is 6. The van der Waals surface area contributed by atoms with E-state index < -0.39 is 0 Å². The molecule has 1 aromatic rings. The SMILES string of the molecule is CCSCCCNC(=O)c1ccc(Cl)cc1N. The summed E-state index contributed by atoms with van der Waals surface area (Å²) in [5.74, 6) is 2.03. The van der Waals surface area contributed by atoms with Gasteiger partial charge in [-0.05, 0) is 36.1 Å². The standard InChI is InChI=1S/C12H17ClN2OS/c1-2-17-7-3-6-15-12(16)10-5-4-9(13)8-11(10)14/h4-5,8H,2-3,6-7,14H2,1H3,(H,15,16). The Balaban J connectivity index is 2.42. The summed E-state index contributed by atoms with van der Waals surface area (Å²) in [4.78, 5) is 11.8. The van der Waals surface area contributed by atoms with Gasteiger partial charge in [0, 0.05) is 17.3 Å². The minimum atomic E-state index is -0.138. The minimum absolute atomic E-state index is 0.138. The maximum Gasteiger partial charge on any atom is 0.253 e. The Morgan fingerprint density at radius 3 is 2.94 bits per heavy atom. The van der Waals surface area contributed by atoms with Crippen LogP contribution >= 0.6 is 23.4 Å². The second-order valence-electron chi connectivity index (χ2n) is 3.54. The predicted octanol–water partition coefficient (Wildman–Crippen LogP) is 2.80. The highest BCUT2D eigenvalue weighted by Gasteiger charge is 2.08. The molecule has 0 fully saturated rings. The second kappa shape index (κ2) is 7.45. The first-order chi connectivity index (χ1) is 8.15. The Kier molecular flexibility index (Phi) is 6.22. The van der Waals surface area contributed by atoms with Gasteiger partial charge >= 0.3 is 0 Å². The summed E-state index contributed by atoms with van der Waals surface area (Å²) in [6, 6.07) is 4.90. The highest BCUT2D eigenvalue weighted by molar-refractivity contribution is 7.99. The van der Waals surface area contributed by atoms with E-state index in [0.717, 1.165) is 17.9 Å². The predicted molar refractivity (Wildman–Crippen MR) is 75.8 cm³/mol. The first-order valence-corrected chi connectivity index (χ1v) is 7.09. The Hall–Kier alpha value is -0.870. The molecule has 0 aliphatic heterocycles. The zero-order chi connectivity index (χ0) is 12.7. The molecule has 0 bridgehead atoms. The Bertz CT molecular complexity index is 385. The third kappa shape index (κ3) is 4.88. The van der Waals surface area contributed by atoms with Crippen molar-refractivity contribution in [2.45, 2.75) is 13.3 Å². The van der Waals surface area contributed by atoms with E-state index in [1.807, 2.05) is 11.8 Å². The molecule has 5 heteroatoms. The summed E-state index contributed by atoms with van der Waals surface area (Å²) in [6.45, 7) is 2.80. The van der Waals surface area contributed by atoms with Gasteiger partial charge in [-0.3, -0.25) is 4.79 Å². The third-order valence-electron chi connectivity index (χ3n) is 2.21. The number of benzene rings is 1. The van der Waals surface area contributed by atoms with Crippen LogP contribution in [0.25, 0.3) is 0 Å². The summed E-state index contributed by atoms with van der Waals surface area (Å²) in [5.41, 5.74) is 6.62. The monoisotopic (exact) mass is 272 g/mol. The smallest absolute Gasteiger partial charge is 0.253 e. The topological polar surface area (TPSA) is 55.1 Å². The molecule has 0 heterocycles. The van der Waals surface area contributed by atoms with Crippen molar-refractivity contribution in [1.82, 2.24) is 5.32 Å². The number of thioether (sulfide) groups is 1. The number of hydrogen-bond donors (Lipinski definition) is 2. The van der Waals surface area contributed by atoms with E-state index in [1.54, 1.807) is 18.2 Å². The van der Waals surface area contributed by atoms with Crippen molar-refractivity contribution >= 4 is 35.0 Å². The van der Waals surface area contributed by atoms with E-state index >= 15 is 0 Å². The molecular formula is C12H17ClN2OS. The zero-order valence-corrected chi connectivity index (χ0v) is 11.4. The fraction of sp³-hybridized carbons (Fsp3) is 0.417. The second-order valence-corrected chi connectivity index (χ2v) is 5.37. The largest absolute Gasteiger partial charge is 0.398 e. The van der Waals surface area contributed by atoms with Gasteiger partial charge in [0.1, 0.15) is 0 Å². The van der Waals surface area contributed by atoms with Crippen LogP contribution in [0.4, 0.5) is 5.69 Å². The van der Waals surface area contributed by atoms with Gasteiger partial charge in [-0.1, -0.05) is 18.5 Å². The van der Waals surface area contributed by atoms with Crippen molar-refractivity contribution in [3.05, 3.63) is 28.8 Å². The number of nitrogens with two attached hydrogens (primary N) is 1. The molecule has 0 radical (unpaired) electrons. The molecule has 0 unspecified atom stereocenters. The molecule has 0 atom stereocenters. The van der Waals surface area contributed by atoms with Crippen molar-refractivity contribution in [3.63, 3.8) is 0 Å². The average Bonchev–Trinajstić information content (AvgIpc) is 2.28. The molecule has 1 aromatic carbocycles. The molecule has 94 valence electrons. The van der Waals surface area contributed by atoms with Crippen LogP contribution in [0.15, 0.2) is 18.2 Å². The van der Waals surface area contributed by atoms with E-state index in [-0.39, 0.29) is 5.91 Å². The molecule has 0 saturated carbocycles. The summed E-state index contributed by atoms with van der Waals surface area (Å²) in [5, 5.41) is 3.38. The summed E-state index contributed by atoms with van der Waals surface area (Å²) in [7, 11) is 0. The fourth-order valence-corrected chi connectivity index (χ4v) is 2.17. The van der Waals surface area contributed by atoms with Gasteiger partial charge in [-0.2, -0.15) is 11.8 Å². The number of carbonyl (C=O) groups is 1. The van der Waals surface area contributed by atoms with Crippen molar-refractivity contribution in [2.75, 3.05) is 23.8 Å². The highest BCUT2D eigenvalue weighted by atomic mass is 35.5. The van der Waals surface area contributed by atoms with Crippen LogP contribution in [0.3, 0.4) is 0 Å². The van der Waals surface area contributed by atoms with Gasteiger partial charge in [0.15, 0.2) is 0 Å². The van der Waals surface area contributed by atoms with Crippen LogP contribution in [0.5, 0.6) is 0 Å². The zero-order valence-electron chi connectivity index (χ0n) is 9.83. The Labute approximate surface area is 111 Å². The van der Waals surface area contributed by atoms with Gasteiger partial charge in [0.05, 0.1) is 5.56 Å². The number of nitrogens with one attached hydrogen (secondary N) is 1. The van der Waals surface area contributed by atoms with Crippen LogP contribution in [-0.4, -0.2) is 24.0 Å². The molecule has 1 rings (SSSR count). The molecule has 0 spiro atoms. The molecular weight excluding hydrogens is 256 g/mol. The molecule has 0 aromatic heterocycles. The van der Waals surface area contributed by atoms with Crippen molar-refractivity contribution in [2.24, 2.45) is 0 Å². The fourth-order valence-electron chi connectivity index (χ4n) is 1.36. The van der Waals surface area contributed by atoms with Crippen LogP contribution in [0.2, 0.25) is 5.02 Å². The molecule has 17 heavy (non-hydrogen) atoms. The molecule has 0 saturated heterocycles. The van der Waals surface area contributed by atoms with Gasteiger partial charge in [0.25, 0.3) is 5.91 Å². The Morgan fingerprint density at radius 2 is 2.29 bits per heavy atom. The molecule has 3 nitrogen and oxygen atoms in total. The normalized spacial score (nSPS) is 10.2. The summed E-state index contributed by atoms with van der Waals surface area (Å²) in [6.07, 6.45) is 0.970. The van der Waals surface area contributed by atoms with Gasteiger partial charge in [-0.15, -0.1) is 0 Å². The Morgan fingerprint density at radius 1 is 1.53 bits per heavy atom. The molecule has 1 amide bonds. The highest BCUT2D eigenvalue weighted by Crippen LogP contribution is 2.17. The lowest BCUT2D eigenvalue weighted by atomic mass is 10.1. The van der Waals surface area contributed by atoms with Crippen LogP contribution in [0, 0.1) is 0 Å². The number of nitrogen functional groups attached to an aromatic ring is 1. The van der Waals surface area contributed by atoms with Crippen molar-refractivity contribution < 1.29 is 4.79 Å². The maximum absolute atomic E-state index is 11.8. The average molecular weight is 273 g/mol. The minimum Gasteiger partial charge on any atom is -0.398 e. The lowest BCUT2D eigenvalue weighted by molar-refractivity contribution is 0.0954. The van der Waals surface area contributed by atoms with Crippen LogP contribution in [0.1, 0.15) is 23.7 Å². The number of carbonyl (C=O) groups excluding carboxylic acids is 1. The van der Waals surface area contributed by atoms with E-state index in [1.165, 1.54) is 0 Å². The van der Waals surface area contributed by atoms with Gasteiger partial charge < -0.3 is 11.1 Å². The van der Waals surface area contributed by atoms with E-state index in [4.69, 9.17) is 17.3 Å². The molecule has 3 N–H and O–H groups in total. The molecule has 0 aliphatic carbocycles. The number of amides is 1. The lowest BCUT2D eigenvalue weighted by Crippen LogP contribution is -2.25. The van der Waals surface area contributed by atoms with Crippen molar-refractivity contribution in [3.8, 4) is 0 Å². The van der Waals surface area contributed by atoms with Crippen molar-refractivity contribution in [1.29, 1.82) is 0 Å². The quantitative estimate of drug-likeness (QED) is 0.618. The number of halogens is 1. The third-order valence-corrected chi connectivity index (χ3v) is 3.43. The van der Waals surface area contributed by atoms with Crippen LogP contribution in [-0.2, 0) is 0 Å². The van der Waals surface area contributed by atoms with E-state index in [9.17, 15) is 4.79 Å². The van der Waals surface area contributed by atoms with Gasteiger partial charge in [-0.25, -0.2) is 0 Å². The summed E-state index contributed by atoms with van der Waals surface area (Å²) < 4.78 is 0. The number of anilines is 1. The first kappa shape index (κ1) is 14.2. The van der Waals surface area contributed by atoms with E-state index in [0.29, 0.717) is 22.8 Å². The maximum atomic E-state index is 11.8. The van der Waals surface area contributed by atoms with Gasteiger partial charge in [0.2, 0.25) is 0 Å². The summed E-state index contributed by atoms with van der Waals surface area (Å²) >= 11 is 7.64. The van der Waals surface area contributed by atoms with Crippen LogP contribution < -0.4 is 11.1 Å². The molecule has 0 aliphatic rings. The lowest BCUT2D eigenvalue weighted by Gasteiger charge is -2.07.